The lowest BCUT2D eigenvalue weighted by molar-refractivity contribution is -0.121. The van der Waals surface area contributed by atoms with E-state index in [1.54, 1.807) is 37.4 Å². The largest absolute Gasteiger partial charge is 0.493 e. The van der Waals surface area contributed by atoms with Gasteiger partial charge in [-0.05, 0) is 59.8 Å². The Balaban J connectivity index is 1.92. The molecule has 1 amide bonds. The van der Waals surface area contributed by atoms with Gasteiger partial charge in [-0.1, -0.05) is 0 Å². The number of hydrogen-bond acceptors (Lipinski definition) is 7. The van der Waals surface area contributed by atoms with Crippen molar-refractivity contribution in [3.8, 4) is 17.2 Å². The Labute approximate surface area is 177 Å². The molecule has 2 aromatic carbocycles. The van der Waals surface area contributed by atoms with Gasteiger partial charge in [-0.2, -0.15) is 0 Å². The van der Waals surface area contributed by atoms with E-state index in [1.807, 2.05) is 0 Å². The van der Waals surface area contributed by atoms with E-state index in [2.05, 4.69) is 4.99 Å². The monoisotopic (exact) mass is 428 g/mol. The molecule has 8 nitrogen and oxygen atoms in total. The maximum absolute atomic E-state index is 12.7. The lowest BCUT2D eigenvalue weighted by Gasteiger charge is -2.13. The Morgan fingerprint density at radius 1 is 1.07 bits per heavy atom. The number of aliphatic imine (C=N–C) groups is 1. The van der Waals surface area contributed by atoms with Crippen LogP contribution in [0.1, 0.15) is 15.9 Å². The van der Waals surface area contributed by atoms with E-state index in [4.69, 9.17) is 19.3 Å². The van der Waals surface area contributed by atoms with Crippen molar-refractivity contribution in [3.05, 3.63) is 52.4 Å². The minimum atomic E-state index is -1.01. The number of carboxylic acid groups (broad SMARTS) is 1. The van der Waals surface area contributed by atoms with Crippen LogP contribution in [-0.4, -0.2) is 55.4 Å². The lowest BCUT2D eigenvalue weighted by Crippen LogP contribution is -2.23. The van der Waals surface area contributed by atoms with E-state index >= 15 is 0 Å². The zero-order valence-electron chi connectivity index (χ0n) is 16.8. The molecule has 1 saturated heterocycles. The molecule has 1 aliphatic heterocycles. The van der Waals surface area contributed by atoms with Gasteiger partial charge in [0, 0.05) is 7.05 Å². The topological polar surface area (TPSA) is 97.7 Å². The Hall–Kier alpha value is -3.46. The summed E-state index contributed by atoms with van der Waals surface area (Å²) < 4.78 is 16.0. The van der Waals surface area contributed by atoms with Gasteiger partial charge in [-0.25, -0.2) is 9.79 Å². The van der Waals surface area contributed by atoms with Crippen LogP contribution >= 0.6 is 11.8 Å². The van der Waals surface area contributed by atoms with Crippen LogP contribution in [-0.2, 0) is 4.79 Å². The van der Waals surface area contributed by atoms with E-state index < -0.39 is 5.97 Å². The van der Waals surface area contributed by atoms with Gasteiger partial charge in [0.25, 0.3) is 5.91 Å². The van der Waals surface area contributed by atoms with Crippen molar-refractivity contribution >= 4 is 40.6 Å². The second kappa shape index (κ2) is 8.91. The highest BCUT2D eigenvalue weighted by atomic mass is 32.2. The van der Waals surface area contributed by atoms with E-state index in [-0.39, 0.29) is 11.5 Å². The van der Waals surface area contributed by atoms with Crippen molar-refractivity contribution in [2.75, 3.05) is 28.4 Å². The first-order chi connectivity index (χ1) is 14.4. The summed E-state index contributed by atoms with van der Waals surface area (Å²) in [6, 6.07) is 9.63. The first-order valence-electron chi connectivity index (χ1n) is 8.77. The fraction of sp³-hybridized carbons (Fsp3) is 0.190. The number of methoxy groups -OCH3 is 3. The van der Waals surface area contributed by atoms with Crippen molar-refractivity contribution in [3.63, 3.8) is 0 Å². The third kappa shape index (κ3) is 4.25. The number of likely N-dealkylation sites (N-methyl/N-ethyl adjacent to an activating group) is 1. The number of aromatic carboxylic acids is 1. The van der Waals surface area contributed by atoms with Crippen LogP contribution in [0.2, 0.25) is 0 Å². The van der Waals surface area contributed by atoms with Crippen LogP contribution in [0.25, 0.3) is 6.08 Å². The van der Waals surface area contributed by atoms with Crippen LogP contribution in [0.15, 0.2) is 46.3 Å². The van der Waals surface area contributed by atoms with Crippen LogP contribution in [0.5, 0.6) is 17.2 Å². The zero-order chi connectivity index (χ0) is 21.8. The SMILES string of the molecule is COc1cc(/C=C2\SC(=Nc3ccc(C(=O)O)cc3)N(C)C2=O)cc(OC)c1OC. The molecule has 156 valence electrons. The van der Waals surface area contributed by atoms with E-state index in [9.17, 15) is 9.59 Å². The molecule has 1 N–H and O–H groups in total. The highest BCUT2D eigenvalue weighted by Gasteiger charge is 2.30. The number of hydrogen-bond donors (Lipinski definition) is 1. The third-order valence-corrected chi connectivity index (χ3v) is 5.39. The summed E-state index contributed by atoms with van der Waals surface area (Å²) in [6.45, 7) is 0. The number of carboxylic acids is 1. The van der Waals surface area contributed by atoms with Gasteiger partial charge in [0.05, 0.1) is 37.5 Å². The molecular weight excluding hydrogens is 408 g/mol. The average Bonchev–Trinajstić information content (AvgIpc) is 3.01. The van der Waals surface area contributed by atoms with Crippen molar-refractivity contribution in [1.29, 1.82) is 0 Å². The highest BCUT2D eigenvalue weighted by molar-refractivity contribution is 8.18. The molecule has 0 atom stereocenters. The molecule has 0 bridgehead atoms. The van der Waals surface area contributed by atoms with Gasteiger partial charge >= 0.3 is 5.97 Å². The first-order valence-corrected chi connectivity index (χ1v) is 9.59. The minimum Gasteiger partial charge on any atom is -0.493 e. The van der Waals surface area contributed by atoms with Crippen molar-refractivity contribution < 1.29 is 28.9 Å². The number of amides is 1. The maximum Gasteiger partial charge on any atom is 0.335 e. The highest BCUT2D eigenvalue weighted by Crippen LogP contribution is 2.40. The zero-order valence-corrected chi connectivity index (χ0v) is 17.6. The van der Waals surface area contributed by atoms with E-state index in [0.717, 1.165) is 0 Å². The van der Waals surface area contributed by atoms with Crippen molar-refractivity contribution in [1.82, 2.24) is 4.90 Å². The van der Waals surface area contributed by atoms with Gasteiger partial charge in [0.1, 0.15) is 0 Å². The molecule has 30 heavy (non-hydrogen) atoms. The standard InChI is InChI=1S/C21H20N2O6S/c1-23-19(24)17(11-12-9-15(27-2)18(29-4)16(10-12)28-3)30-21(23)22-14-7-5-13(6-8-14)20(25)26/h5-11H,1-4H3,(H,25,26)/b17-11-,22-21?. The Morgan fingerprint density at radius 3 is 2.17 bits per heavy atom. The normalized spacial score (nSPS) is 16.3. The van der Waals surface area contributed by atoms with E-state index in [1.165, 1.54) is 50.1 Å². The molecule has 0 aromatic heterocycles. The number of nitrogens with zero attached hydrogens (tertiary/aromatic N) is 2. The summed E-state index contributed by atoms with van der Waals surface area (Å²) in [4.78, 5) is 30.0. The summed E-state index contributed by atoms with van der Waals surface area (Å²) in [5, 5.41) is 9.48. The number of carbonyl (C=O) groups excluding carboxylic acids is 1. The van der Waals surface area contributed by atoms with Crippen LogP contribution in [0, 0.1) is 0 Å². The molecule has 3 rings (SSSR count). The Kier molecular flexibility index (Phi) is 6.31. The molecule has 9 heteroatoms. The quantitative estimate of drug-likeness (QED) is 0.702. The van der Waals surface area contributed by atoms with Gasteiger partial charge in [0.2, 0.25) is 5.75 Å². The van der Waals surface area contributed by atoms with Crippen LogP contribution in [0.3, 0.4) is 0 Å². The summed E-state index contributed by atoms with van der Waals surface area (Å²) in [7, 11) is 6.21. The number of thioether (sulfide) groups is 1. The van der Waals surface area contributed by atoms with Gasteiger partial charge in [0.15, 0.2) is 16.7 Å². The number of rotatable bonds is 6. The molecule has 2 aromatic rings. The fourth-order valence-corrected chi connectivity index (χ4v) is 3.76. The molecule has 0 saturated carbocycles. The number of amidine groups is 1. The Morgan fingerprint density at radius 2 is 1.67 bits per heavy atom. The molecule has 1 heterocycles. The lowest BCUT2D eigenvalue weighted by atomic mass is 10.1. The fourth-order valence-electron chi connectivity index (χ4n) is 2.78. The first kappa shape index (κ1) is 21.3. The van der Waals surface area contributed by atoms with Crippen molar-refractivity contribution in [2.45, 2.75) is 0 Å². The predicted molar refractivity (Wildman–Crippen MR) is 115 cm³/mol. The van der Waals surface area contributed by atoms with Crippen LogP contribution < -0.4 is 14.2 Å². The van der Waals surface area contributed by atoms with Gasteiger partial charge in [-0.3, -0.25) is 9.69 Å². The van der Waals surface area contributed by atoms with Crippen LogP contribution in [0.4, 0.5) is 5.69 Å². The third-order valence-electron chi connectivity index (χ3n) is 4.33. The smallest absolute Gasteiger partial charge is 0.335 e. The molecule has 1 aliphatic rings. The molecule has 1 fully saturated rings. The summed E-state index contributed by atoms with van der Waals surface area (Å²) in [5.41, 5.74) is 1.43. The molecule has 0 aliphatic carbocycles. The molecule has 0 spiro atoms. The molecule has 0 radical (unpaired) electrons. The van der Waals surface area contributed by atoms with Gasteiger partial charge in [-0.15, -0.1) is 0 Å². The Bertz CT molecular complexity index is 1020. The average molecular weight is 428 g/mol. The van der Waals surface area contributed by atoms with Crippen molar-refractivity contribution in [2.24, 2.45) is 4.99 Å². The maximum atomic E-state index is 12.7. The number of benzene rings is 2. The second-order valence-electron chi connectivity index (χ2n) is 6.18. The molecular formula is C21H20N2O6S. The number of carbonyl (C=O) groups is 2. The second-order valence-corrected chi connectivity index (χ2v) is 7.19. The predicted octanol–water partition coefficient (Wildman–Crippen LogP) is 3.64. The summed E-state index contributed by atoms with van der Waals surface area (Å²) in [6.07, 6.45) is 1.73. The summed E-state index contributed by atoms with van der Waals surface area (Å²) >= 11 is 1.22. The van der Waals surface area contributed by atoms with Gasteiger partial charge < -0.3 is 19.3 Å². The number of ether oxygens (including phenoxy) is 3. The molecule has 0 unspecified atom stereocenters. The van der Waals surface area contributed by atoms with E-state index in [0.29, 0.717) is 38.6 Å². The minimum absolute atomic E-state index is 0.172. The summed E-state index contributed by atoms with van der Waals surface area (Å²) in [5.74, 6) is 0.235.